The topological polar surface area (TPSA) is 35.6 Å². The average molecular weight is 319 g/mol. The highest BCUT2D eigenvalue weighted by molar-refractivity contribution is 5.86. The summed E-state index contributed by atoms with van der Waals surface area (Å²) in [7, 11) is 1.91. The van der Waals surface area contributed by atoms with Crippen molar-refractivity contribution >= 4 is 11.6 Å². The number of likely N-dealkylation sites (N-methyl/N-ethyl adjacent to an activating group) is 1. The van der Waals surface area contributed by atoms with Crippen LogP contribution in [-0.4, -0.2) is 49.6 Å². The van der Waals surface area contributed by atoms with Gasteiger partial charge in [0.1, 0.15) is 5.82 Å². The molecule has 0 atom stereocenters. The second-order valence-corrected chi connectivity index (χ2v) is 6.65. The van der Waals surface area contributed by atoms with Crippen molar-refractivity contribution in [1.82, 2.24) is 10.2 Å². The van der Waals surface area contributed by atoms with Crippen molar-refractivity contribution in [1.29, 1.82) is 0 Å². The van der Waals surface area contributed by atoms with E-state index in [1.54, 1.807) is 12.1 Å². The molecular formula is C18H26FN3O. The van der Waals surface area contributed by atoms with Gasteiger partial charge in [0, 0.05) is 31.9 Å². The minimum absolute atomic E-state index is 0.211. The molecule has 0 unspecified atom stereocenters. The third-order valence-electron chi connectivity index (χ3n) is 5.34. The van der Waals surface area contributed by atoms with E-state index in [1.807, 2.05) is 18.0 Å². The lowest BCUT2D eigenvalue weighted by Crippen LogP contribution is -2.61. The van der Waals surface area contributed by atoms with Crippen LogP contribution in [0.1, 0.15) is 32.1 Å². The Morgan fingerprint density at radius 2 is 1.83 bits per heavy atom. The molecule has 1 heterocycles. The van der Waals surface area contributed by atoms with Crippen LogP contribution in [0.4, 0.5) is 10.1 Å². The lowest BCUT2D eigenvalue weighted by molar-refractivity contribution is -0.140. The van der Waals surface area contributed by atoms with E-state index in [4.69, 9.17) is 0 Å². The first-order chi connectivity index (χ1) is 11.1. The number of halogens is 1. The lowest BCUT2D eigenvalue weighted by Gasteiger charge is -2.43. The van der Waals surface area contributed by atoms with Gasteiger partial charge in [0.25, 0.3) is 0 Å². The van der Waals surface area contributed by atoms with Crippen LogP contribution in [0.25, 0.3) is 0 Å². The highest BCUT2D eigenvalue weighted by Crippen LogP contribution is 2.30. The molecule has 1 saturated heterocycles. The quantitative estimate of drug-likeness (QED) is 0.929. The molecule has 23 heavy (non-hydrogen) atoms. The van der Waals surface area contributed by atoms with Crippen molar-refractivity contribution in [3.63, 3.8) is 0 Å². The lowest BCUT2D eigenvalue weighted by atomic mass is 9.80. The van der Waals surface area contributed by atoms with Crippen molar-refractivity contribution in [2.45, 2.75) is 37.6 Å². The predicted molar refractivity (Wildman–Crippen MR) is 90.1 cm³/mol. The number of piperazine rings is 1. The number of hydrogen-bond donors (Lipinski definition) is 1. The fourth-order valence-electron chi connectivity index (χ4n) is 3.87. The Labute approximate surface area is 137 Å². The molecule has 1 amide bonds. The summed E-state index contributed by atoms with van der Waals surface area (Å²) in [6.07, 6.45) is 5.34. The van der Waals surface area contributed by atoms with Crippen molar-refractivity contribution in [2.75, 3.05) is 38.1 Å². The Kier molecular flexibility index (Phi) is 4.85. The Morgan fingerprint density at radius 3 is 2.43 bits per heavy atom. The highest BCUT2D eigenvalue weighted by atomic mass is 19.1. The normalized spacial score (nSPS) is 21.3. The van der Waals surface area contributed by atoms with Gasteiger partial charge in [-0.15, -0.1) is 0 Å². The number of benzene rings is 1. The fourth-order valence-corrected chi connectivity index (χ4v) is 3.87. The zero-order valence-corrected chi connectivity index (χ0v) is 13.9. The molecule has 126 valence electrons. The summed E-state index contributed by atoms with van der Waals surface area (Å²) in [6.45, 7) is 2.93. The van der Waals surface area contributed by atoms with Crippen molar-refractivity contribution < 1.29 is 9.18 Å². The first-order valence-corrected chi connectivity index (χ1v) is 8.63. The largest absolute Gasteiger partial charge is 0.368 e. The van der Waals surface area contributed by atoms with Gasteiger partial charge in [-0.05, 0) is 38.1 Å². The first kappa shape index (κ1) is 16.2. The molecule has 1 saturated carbocycles. The number of nitrogens with zero attached hydrogens (tertiary/aromatic N) is 2. The van der Waals surface area contributed by atoms with Crippen LogP contribution < -0.4 is 10.2 Å². The second-order valence-electron chi connectivity index (χ2n) is 6.65. The zero-order valence-electron chi connectivity index (χ0n) is 13.9. The van der Waals surface area contributed by atoms with Gasteiger partial charge in [-0.3, -0.25) is 4.79 Å². The minimum atomic E-state index is -0.362. The van der Waals surface area contributed by atoms with Crippen LogP contribution in [0, 0.1) is 5.82 Å². The molecule has 0 bridgehead atoms. The molecule has 1 aromatic rings. The molecule has 5 heteroatoms. The number of nitrogens with one attached hydrogen (secondary N) is 1. The van der Waals surface area contributed by atoms with Crippen molar-refractivity contribution in [2.24, 2.45) is 0 Å². The Balaban J connectivity index is 1.63. The predicted octanol–water partition coefficient (Wildman–Crippen LogP) is 2.40. The van der Waals surface area contributed by atoms with E-state index >= 15 is 0 Å². The zero-order chi connectivity index (χ0) is 16.3. The molecule has 1 aliphatic carbocycles. The Morgan fingerprint density at radius 1 is 1.13 bits per heavy atom. The van der Waals surface area contributed by atoms with Gasteiger partial charge >= 0.3 is 0 Å². The van der Waals surface area contributed by atoms with Crippen molar-refractivity contribution in [3.05, 3.63) is 30.1 Å². The SMILES string of the molecule is CNC1(C(=O)N2CCN(c3cccc(F)c3)CC2)CCCCC1. The molecule has 2 fully saturated rings. The molecule has 1 aromatic carbocycles. The fraction of sp³-hybridized carbons (Fsp3) is 0.611. The van der Waals surface area contributed by atoms with Gasteiger partial charge in [0.2, 0.25) is 5.91 Å². The van der Waals surface area contributed by atoms with Gasteiger partial charge in [-0.1, -0.05) is 25.3 Å². The van der Waals surface area contributed by atoms with Crippen LogP contribution in [0.3, 0.4) is 0 Å². The van der Waals surface area contributed by atoms with Crippen molar-refractivity contribution in [3.8, 4) is 0 Å². The minimum Gasteiger partial charge on any atom is -0.368 e. The molecular weight excluding hydrogens is 293 g/mol. The van der Waals surface area contributed by atoms with E-state index in [0.29, 0.717) is 13.1 Å². The summed E-state index contributed by atoms with van der Waals surface area (Å²) in [6, 6.07) is 6.69. The molecule has 4 nitrogen and oxygen atoms in total. The molecule has 0 aromatic heterocycles. The summed E-state index contributed by atoms with van der Waals surface area (Å²) >= 11 is 0. The number of amides is 1. The molecule has 2 aliphatic rings. The van der Waals surface area contributed by atoms with E-state index in [1.165, 1.54) is 12.5 Å². The smallest absolute Gasteiger partial charge is 0.242 e. The van der Waals surface area contributed by atoms with E-state index in [9.17, 15) is 9.18 Å². The maximum absolute atomic E-state index is 13.4. The molecule has 3 rings (SSSR count). The molecule has 0 radical (unpaired) electrons. The van der Waals surface area contributed by atoms with Gasteiger partial charge in [0.05, 0.1) is 5.54 Å². The molecule has 1 aliphatic heterocycles. The number of anilines is 1. The van der Waals surface area contributed by atoms with E-state index in [0.717, 1.165) is 44.5 Å². The number of hydrogen-bond acceptors (Lipinski definition) is 3. The van der Waals surface area contributed by atoms with Gasteiger partial charge in [0.15, 0.2) is 0 Å². The maximum atomic E-state index is 13.4. The van der Waals surface area contributed by atoms with Gasteiger partial charge in [-0.25, -0.2) is 4.39 Å². The van der Waals surface area contributed by atoms with Gasteiger partial charge < -0.3 is 15.1 Å². The summed E-state index contributed by atoms with van der Waals surface area (Å²) in [5.41, 5.74) is 0.539. The third-order valence-corrected chi connectivity index (χ3v) is 5.34. The summed E-state index contributed by atoms with van der Waals surface area (Å²) < 4.78 is 13.4. The summed E-state index contributed by atoms with van der Waals surface area (Å²) in [5, 5.41) is 3.31. The Hall–Kier alpha value is -1.62. The average Bonchev–Trinajstić information content (AvgIpc) is 2.62. The monoisotopic (exact) mass is 319 g/mol. The standard InChI is InChI=1S/C18H26FN3O/c1-20-18(8-3-2-4-9-18)17(23)22-12-10-21(11-13-22)16-7-5-6-15(19)14-16/h5-7,14,20H,2-4,8-13H2,1H3. The van der Waals surface area contributed by atoms with E-state index < -0.39 is 0 Å². The van der Waals surface area contributed by atoms with Crippen LogP contribution in [0.5, 0.6) is 0 Å². The summed E-state index contributed by atoms with van der Waals surface area (Å²) in [5.74, 6) is 0.0379. The summed E-state index contributed by atoms with van der Waals surface area (Å²) in [4.78, 5) is 17.1. The first-order valence-electron chi connectivity index (χ1n) is 8.63. The highest BCUT2D eigenvalue weighted by Gasteiger charge is 2.41. The number of carbonyl (C=O) groups excluding carboxylic acids is 1. The number of carbonyl (C=O) groups is 1. The third kappa shape index (κ3) is 3.34. The molecule has 0 spiro atoms. The Bertz CT molecular complexity index is 549. The van der Waals surface area contributed by atoms with E-state index in [-0.39, 0.29) is 17.3 Å². The van der Waals surface area contributed by atoms with Gasteiger partial charge in [-0.2, -0.15) is 0 Å². The van der Waals surface area contributed by atoms with Crippen LogP contribution >= 0.6 is 0 Å². The van der Waals surface area contributed by atoms with E-state index in [2.05, 4.69) is 10.2 Å². The second kappa shape index (κ2) is 6.87. The van der Waals surface area contributed by atoms with Crippen LogP contribution in [-0.2, 0) is 4.79 Å². The van der Waals surface area contributed by atoms with Crippen LogP contribution in [0.15, 0.2) is 24.3 Å². The van der Waals surface area contributed by atoms with Crippen LogP contribution in [0.2, 0.25) is 0 Å². The maximum Gasteiger partial charge on any atom is 0.242 e. The molecule has 1 N–H and O–H groups in total. The number of rotatable bonds is 3.